The highest BCUT2D eigenvalue weighted by atomic mass is 31.2. The first-order valence-electron chi connectivity index (χ1n) is 34.3. The number of phosphoric ester groups is 2. The molecular formula is C66H128O17P2. The average Bonchev–Trinajstić information content (AvgIpc) is 3.62. The van der Waals surface area contributed by atoms with Crippen molar-refractivity contribution >= 4 is 39.5 Å². The van der Waals surface area contributed by atoms with Crippen LogP contribution in [0, 0.1) is 17.8 Å². The van der Waals surface area contributed by atoms with E-state index >= 15 is 0 Å². The third kappa shape index (κ3) is 60.7. The molecule has 0 bridgehead atoms. The van der Waals surface area contributed by atoms with E-state index in [-0.39, 0.29) is 25.7 Å². The van der Waals surface area contributed by atoms with Gasteiger partial charge < -0.3 is 33.8 Å². The lowest BCUT2D eigenvalue weighted by Gasteiger charge is -2.21. The van der Waals surface area contributed by atoms with E-state index in [0.29, 0.717) is 37.5 Å². The largest absolute Gasteiger partial charge is 0.472 e. The quantitative estimate of drug-likeness (QED) is 0.0222. The van der Waals surface area contributed by atoms with Gasteiger partial charge in [0.1, 0.15) is 19.3 Å². The summed E-state index contributed by atoms with van der Waals surface area (Å²) in [5, 5.41) is 10.5. The van der Waals surface area contributed by atoms with Crippen molar-refractivity contribution in [1.29, 1.82) is 0 Å². The Morgan fingerprint density at radius 3 is 0.800 bits per heavy atom. The lowest BCUT2D eigenvalue weighted by atomic mass is 10.0. The molecule has 0 amide bonds. The molecule has 0 saturated heterocycles. The summed E-state index contributed by atoms with van der Waals surface area (Å²) in [5.74, 6) is 0.0585. The first-order chi connectivity index (χ1) is 40.7. The van der Waals surface area contributed by atoms with Crippen molar-refractivity contribution in [3.8, 4) is 0 Å². The summed E-state index contributed by atoms with van der Waals surface area (Å²) in [5.41, 5.74) is 0. The van der Waals surface area contributed by atoms with Crippen LogP contribution in [-0.2, 0) is 65.4 Å². The van der Waals surface area contributed by atoms with Gasteiger partial charge in [0.15, 0.2) is 12.2 Å². The molecule has 0 aromatic heterocycles. The predicted molar refractivity (Wildman–Crippen MR) is 340 cm³/mol. The van der Waals surface area contributed by atoms with Crippen molar-refractivity contribution in [2.24, 2.45) is 17.8 Å². The lowest BCUT2D eigenvalue weighted by Crippen LogP contribution is -2.30. The SMILES string of the molecule is CCCCCCCCCCC(=O)OC[C@H](COP(=O)(O)OC[C@H](O)COP(=O)(O)OC[C@@H](COC(=O)CCCCCCCCCC(C)C)OC(=O)CCCCCCCCCCCCCCCCC(C)C)OC(=O)CCCCCCCCCC(C)C. The minimum atomic E-state index is -4.95. The molecule has 0 aromatic rings. The van der Waals surface area contributed by atoms with E-state index in [9.17, 15) is 43.2 Å². The molecule has 85 heavy (non-hydrogen) atoms. The van der Waals surface area contributed by atoms with E-state index < -0.39 is 97.5 Å². The van der Waals surface area contributed by atoms with Gasteiger partial charge in [0, 0.05) is 25.7 Å². The topological polar surface area (TPSA) is 237 Å². The van der Waals surface area contributed by atoms with E-state index in [2.05, 4.69) is 48.5 Å². The van der Waals surface area contributed by atoms with Gasteiger partial charge in [0.2, 0.25) is 0 Å². The third-order valence-corrected chi connectivity index (χ3v) is 17.0. The number of carbonyl (C=O) groups excluding carboxylic acids is 4. The number of rotatable bonds is 64. The molecule has 0 heterocycles. The maximum Gasteiger partial charge on any atom is 0.472 e. The highest BCUT2D eigenvalue weighted by Crippen LogP contribution is 2.45. The maximum atomic E-state index is 13.0. The molecule has 504 valence electrons. The van der Waals surface area contributed by atoms with Crippen LogP contribution in [-0.4, -0.2) is 96.7 Å². The first kappa shape index (κ1) is 83.1. The molecule has 0 spiro atoms. The Balaban J connectivity index is 5.20. The van der Waals surface area contributed by atoms with E-state index in [0.717, 1.165) is 109 Å². The molecule has 0 aliphatic rings. The third-order valence-electron chi connectivity index (χ3n) is 15.1. The highest BCUT2D eigenvalue weighted by molar-refractivity contribution is 7.47. The van der Waals surface area contributed by atoms with Crippen molar-refractivity contribution < 1.29 is 80.2 Å². The average molecular weight is 1260 g/mol. The zero-order valence-corrected chi connectivity index (χ0v) is 56.9. The van der Waals surface area contributed by atoms with Crippen LogP contribution in [0.3, 0.4) is 0 Å². The summed E-state index contributed by atoms with van der Waals surface area (Å²) in [4.78, 5) is 72.2. The molecule has 0 fully saturated rings. The van der Waals surface area contributed by atoms with Gasteiger partial charge in [-0.3, -0.25) is 37.3 Å². The minimum Gasteiger partial charge on any atom is -0.462 e. The Morgan fingerprint density at radius 1 is 0.318 bits per heavy atom. The van der Waals surface area contributed by atoms with Gasteiger partial charge in [-0.2, -0.15) is 0 Å². The Bertz CT molecular complexity index is 1680. The summed E-state index contributed by atoms with van der Waals surface area (Å²) in [6.07, 6.45) is 39.2. The molecule has 0 aromatic carbocycles. The number of aliphatic hydroxyl groups is 1. The molecule has 19 heteroatoms. The Labute approximate surface area is 517 Å². The number of hydrogen-bond acceptors (Lipinski definition) is 15. The van der Waals surface area contributed by atoms with Gasteiger partial charge in [0.05, 0.1) is 26.4 Å². The van der Waals surface area contributed by atoms with Gasteiger partial charge in [-0.25, -0.2) is 9.13 Å². The van der Waals surface area contributed by atoms with Crippen LogP contribution in [0.15, 0.2) is 0 Å². The van der Waals surface area contributed by atoms with E-state index in [1.54, 1.807) is 0 Å². The fraction of sp³-hybridized carbons (Fsp3) is 0.939. The number of ether oxygens (including phenoxy) is 4. The van der Waals surface area contributed by atoms with Crippen molar-refractivity contribution in [2.45, 2.75) is 343 Å². The molecule has 0 saturated carbocycles. The van der Waals surface area contributed by atoms with E-state index in [4.69, 9.17) is 37.0 Å². The van der Waals surface area contributed by atoms with Crippen LogP contribution < -0.4 is 0 Å². The smallest absolute Gasteiger partial charge is 0.462 e. The molecule has 0 rings (SSSR count). The molecule has 0 aliphatic heterocycles. The van der Waals surface area contributed by atoms with Gasteiger partial charge in [0.25, 0.3) is 0 Å². The van der Waals surface area contributed by atoms with Crippen molar-refractivity contribution in [1.82, 2.24) is 0 Å². The first-order valence-corrected chi connectivity index (χ1v) is 37.3. The normalized spacial score (nSPS) is 14.3. The van der Waals surface area contributed by atoms with Crippen molar-refractivity contribution in [3.05, 3.63) is 0 Å². The molecule has 5 atom stereocenters. The summed E-state index contributed by atoms with van der Waals surface area (Å²) >= 11 is 0. The van der Waals surface area contributed by atoms with Crippen LogP contribution in [0.1, 0.15) is 325 Å². The van der Waals surface area contributed by atoms with Crippen molar-refractivity contribution in [2.75, 3.05) is 39.6 Å². The number of aliphatic hydroxyl groups excluding tert-OH is 1. The second kappa shape index (κ2) is 57.2. The van der Waals surface area contributed by atoms with Gasteiger partial charge >= 0.3 is 39.5 Å². The second-order valence-electron chi connectivity index (χ2n) is 25.3. The van der Waals surface area contributed by atoms with Gasteiger partial charge in [-0.15, -0.1) is 0 Å². The van der Waals surface area contributed by atoms with Crippen LogP contribution >= 0.6 is 15.6 Å². The maximum absolute atomic E-state index is 13.0. The predicted octanol–water partition coefficient (Wildman–Crippen LogP) is 18.3. The standard InChI is InChI=1S/C66H128O17P2/c1-8-9-10-11-12-26-33-40-47-63(68)76-53-62(83-66(71)50-43-36-29-22-25-32-39-46-59(6)7)56-81-85(74,75)79-52-60(67)51-78-84(72,73)80-55-61(54-77-64(69)48-41-34-28-21-24-31-38-45-58(4)5)82-65(70)49-42-35-27-20-18-16-14-13-15-17-19-23-30-37-44-57(2)3/h57-62,67H,8-56H2,1-7H3,(H,72,73)(H,74,75)/t60-,61-,62-/m1/s1. The van der Waals surface area contributed by atoms with Gasteiger partial charge in [-0.05, 0) is 43.4 Å². The molecule has 0 radical (unpaired) electrons. The summed E-state index contributed by atoms with van der Waals surface area (Å²) in [6.45, 7) is 11.7. The molecule has 3 N–H and O–H groups in total. The van der Waals surface area contributed by atoms with Crippen LogP contribution in [0.2, 0.25) is 0 Å². The zero-order chi connectivity index (χ0) is 63.1. The fourth-order valence-corrected chi connectivity index (χ4v) is 11.4. The Hall–Kier alpha value is -1.94. The zero-order valence-electron chi connectivity index (χ0n) is 55.1. The summed E-state index contributed by atoms with van der Waals surface area (Å²) in [6, 6.07) is 0. The monoisotopic (exact) mass is 1250 g/mol. The highest BCUT2D eigenvalue weighted by Gasteiger charge is 2.30. The molecule has 17 nitrogen and oxygen atoms in total. The number of esters is 4. The Morgan fingerprint density at radius 2 is 0.541 bits per heavy atom. The number of unbranched alkanes of at least 4 members (excludes halogenated alkanes) is 32. The number of hydrogen-bond donors (Lipinski definition) is 3. The lowest BCUT2D eigenvalue weighted by molar-refractivity contribution is -0.161. The number of phosphoric acid groups is 2. The number of carbonyl (C=O) groups is 4. The van der Waals surface area contributed by atoms with Crippen molar-refractivity contribution in [3.63, 3.8) is 0 Å². The fourth-order valence-electron chi connectivity index (χ4n) is 9.83. The Kier molecular flexibility index (Phi) is 55.9. The van der Waals surface area contributed by atoms with E-state index in [1.165, 1.54) is 122 Å². The summed E-state index contributed by atoms with van der Waals surface area (Å²) in [7, 11) is -9.89. The molecule has 0 aliphatic carbocycles. The van der Waals surface area contributed by atoms with Crippen LogP contribution in [0.4, 0.5) is 0 Å². The molecular weight excluding hydrogens is 1130 g/mol. The molecule has 2 unspecified atom stereocenters. The summed E-state index contributed by atoms with van der Waals surface area (Å²) < 4.78 is 68.0. The van der Waals surface area contributed by atoms with Crippen LogP contribution in [0.5, 0.6) is 0 Å². The minimum absolute atomic E-state index is 0.103. The second-order valence-corrected chi connectivity index (χ2v) is 28.2. The van der Waals surface area contributed by atoms with E-state index in [1.807, 2.05) is 0 Å². The van der Waals surface area contributed by atoms with Gasteiger partial charge in [-0.1, -0.05) is 273 Å². The van der Waals surface area contributed by atoms with Crippen LogP contribution in [0.25, 0.3) is 0 Å².